The van der Waals surface area contributed by atoms with Gasteiger partial charge in [0.25, 0.3) is 0 Å². The average molecular weight is 317 g/mol. The van der Waals surface area contributed by atoms with E-state index in [1.165, 1.54) is 0 Å². The second-order valence-electron chi connectivity index (χ2n) is 5.89. The Hall–Kier alpha value is -1.65. The Kier molecular flexibility index (Phi) is 5.04. The molecular formula is C18H23NO2S. The van der Waals surface area contributed by atoms with E-state index < -0.39 is 10.0 Å². The fraction of sp³-hybridized carbons (Fsp3) is 0.333. The summed E-state index contributed by atoms with van der Waals surface area (Å²) in [6, 6.07) is 13.4. The normalized spacial score (nSPS) is 13.1. The summed E-state index contributed by atoms with van der Waals surface area (Å²) in [5.74, 6) is 0.00881. The molecule has 22 heavy (non-hydrogen) atoms. The average Bonchev–Trinajstić information content (AvgIpc) is 2.43. The van der Waals surface area contributed by atoms with Gasteiger partial charge >= 0.3 is 0 Å². The standard InChI is InChI=1S/C18H23NO2S/c1-13-9-10-15(3)18(11-13)16(4)19-22(20,21)12-17-8-6-5-7-14(17)2/h5-11,16,19H,12H2,1-4H3/t16-/m1/s1. The molecule has 0 heterocycles. The van der Waals surface area contributed by atoms with Crippen molar-refractivity contribution in [3.05, 3.63) is 70.3 Å². The third-order valence-electron chi connectivity index (χ3n) is 3.86. The van der Waals surface area contributed by atoms with E-state index in [2.05, 4.69) is 4.72 Å². The molecule has 0 aliphatic carbocycles. The topological polar surface area (TPSA) is 46.2 Å². The zero-order chi connectivity index (χ0) is 16.3. The van der Waals surface area contributed by atoms with Crippen LogP contribution in [0.15, 0.2) is 42.5 Å². The molecule has 0 unspecified atom stereocenters. The van der Waals surface area contributed by atoms with Crippen LogP contribution in [0.1, 0.15) is 40.8 Å². The number of sulfonamides is 1. The van der Waals surface area contributed by atoms with Gasteiger partial charge in [-0.05, 0) is 49.9 Å². The van der Waals surface area contributed by atoms with Crippen LogP contribution in [0.2, 0.25) is 0 Å². The lowest BCUT2D eigenvalue weighted by molar-refractivity contribution is 0.565. The number of aryl methyl sites for hydroxylation is 3. The molecule has 0 spiro atoms. The van der Waals surface area contributed by atoms with Gasteiger partial charge in [-0.25, -0.2) is 13.1 Å². The lowest BCUT2D eigenvalue weighted by Crippen LogP contribution is -2.28. The van der Waals surface area contributed by atoms with Crippen molar-refractivity contribution in [1.29, 1.82) is 0 Å². The Bertz CT molecular complexity index is 766. The van der Waals surface area contributed by atoms with E-state index in [1.807, 2.05) is 70.2 Å². The number of rotatable bonds is 5. The van der Waals surface area contributed by atoms with Crippen LogP contribution in [-0.2, 0) is 15.8 Å². The number of nitrogens with one attached hydrogen (secondary N) is 1. The molecule has 2 aromatic carbocycles. The fourth-order valence-electron chi connectivity index (χ4n) is 2.58. The van der Waals surface area contributed by atoms with Gasteiger partial charge in [0.15, 0.2) is 0 Å². The second-order valence-corrected chi connectivity index (χ2v) is 7.64. The molecule has 0 amide bonds. The van der Waals surface area contributed by atoms with E-state index >= 15 is 0 Å². The maximum atomic E-state index is 12.4. The summed E-state index contributed by atoms with van der Waals surface area (Å²) < 4.78 is 27.6. The third-order valence-corrected chi connectivity index (χ3v) is 5.27. The zero-order valence-corrected chi connectivity index (χ0v) is 14.4. The highest BCUT2D eigenvalue weighted by Crippen LogP contribution is 2.20. The van der Waals surface area contributed by atoms with E-state index in [9.17, 15) is 8.42 Å². The van der Waals surface area contributed by atoms with Gasteiger partial charge in [0.2, 0.25) is 10.0 Å². The molecule has 1 N–H and O–H groups in total. The van der Waals surface area contributed by atoms with Crippen LogP contribution >= 0.6 is 0 Å². The van der Waals surface area contributed by atoms with E-state index in [0.717, 1.165) is 27.8 Å². The molecule has 0 aliphatic rings. The van der Waals surface area contributed by atoms with Crippen molar-refractivity contribution in [2.45, 2.75) is 39.5 Å². The highest BCUT2D eigenvalue weighted by Gasteiger charge is 2.18. The van der Waals surface area contributed by atoms with Gasteiger partial charge in [-0.2, -0.15) is 0 Å². The first-order valence-electron chi connectivity index (χ1n) is 7.40. The monoisotopic (exact) mass is 317 g/mol. The van der Waals surface area contributed by atoms with Gasteiger partial charge in [0, 0.05) is 6.04 Å². The summed E-state index contributed by atoms with van der Waals surface area (Å²) in [4.78, 5) is 0. The van der Waals surface area contributed by atoms with Crippen LogP contribution in [0.25, 0.3) is 0 Å². The van der Waals surface area contributed by atoms with Crippen molar-refractivity contribution in [3.8, 4) is 0 Å². The van der Waals surface area contributed by atoms with Crippen LogP contribution in [0.5, 0.6) is 0 Å². The van der Waals surface area contributed by atoms with Gasteiger partial charge < -0.3 is 0 Å². The maximum Gasteiger partial charge on any atom is 0.216 e. The minimum atomic E-state index is -3.38. The van der Waals surface area contributed by atoms with Crippen LogP contribution < -0.4 is 4.72 Å². The molecule has 0 aliphatic heterocycles. The minimum Gasteiger partial charge on any atom is -0.212 e. The predicted octanol–water partition coefficient (Wildman–Crippen LogP) is 3.79. The van der Waals surface area contributed by atoms with Crippen molar-refractivity contribution in [3.63, 3.8) is 0 Å². The van der Waals surface area contributed by atoms with Gasteiger partial charge in [0.1, 0.15) is 0 Å². The van der Waals surface area contributed by atoms with Crippen molar-refractivity contribution < 1.29 is 8.42 Å². The first kappa shape index (κ1) is 16.7. The molecule has 0 fully saturated rings. The van der Waals surface area contributed by atoms with Crippen molar-refractivity contribution in [2.75, 3.05) is 0 Å². The Balaban J connectivity index is 2.18. The number of benzene rings is 2. The number of hydrogen-bond donors (Lipinski definition) is 1. The first-order valence-corrected chi connectivity index (χ1v) is 9.05. The molecular weight excluding hydrogens is 294 g/mol. The van der Waals surface area contributed by atoms with Gasteiger partial charge in [0.05, 0.1) is 5.75 Å². The largest absolute Gasteiger partial charge is 0.216 e. The van der Waals surface area contributed by atoms with Gasteiger partial charge in [-0.15, -0.1) is 0 Å². The second kappa shape index (κ2) is 6.63. The van der Waals surface area contributed by atoms with Crippen molar-refractivity contribution in [2.24, 2.45) is 0 Å². The molecule has 2 aromatic rings. The summed E-state index contributed by atoms with van der Waals surface area (Å²) in [5.41, 5.74) is 5.08. The molecule has 0 bridgehead atoms. The Morgan fingerprint density at radius 1 is 1.00 bits per heavy atom. The van der Waals surface area contributed by atoms with E-state index in [4.69, 9.17) is 0 Å². The molecule has 0 radical (unpaired) electrons. The van der Waals surface area contributed by atoms with Crippen LogP contribution in [-0.4, -0.2) is 8.42 Å². The van der Waals surface area contributed by atoms with Crippen molar-refractivity contribution in [1.82, 2.24) is 4.72 Å². The maximum absolute atomic E-state index is 12.4. The zero-order valence-electron chi connectivity index (χ0n) is 13.6. The highest BCUT2D eigenvalue weighted by molar-refractivity contribution is 7.88. The summed E-state index contributed by atoms with van der Waals surface area (Å²) in [6.45, 7) is 7.83. The van der Waals surface area contributed by atoms with Crippen LogP contribution in [0.4, 0.5) is 0 Å². The molecule has 118 valence electrons. The molecule has 2 rings (SSSR count). The van der Waals surface area contributed by atoms with E-state index in [1.54, 1.807) is 0 Å². The highest BCUT2D eigenvalue weighted by atomic mass is 32.2. The first-order chi connectivity index (χ1) is 10.3. The van der Waals surface area contributed by atoms with Crippen molar-refractivity contribution >= 4 is 10.0 Å². The molecule has 1 atom stereocenters. The van der Waals surface area contributed by atoms with Crippen LogP contribution in [0, 0.1) is 20.8 Å². The summed E-state index contributed by atoms with van der Waals surface area (Å²) in [5, 5.41) is 0. The molecule has 0 saturated heterocycles. The fourth-order valence-corrected chi connectivity index (χ4v) is 4.06. The smallest absolute Gasteiger partial charge is 0.212 e. The van der Waals surface area contributed by atoms with Gasteiger partial charge in [-0.3, -0.25) is 0 Å². The molecule has 0 aromatic heterocycles. The number of hydrogen-bond acceptors (Lipinski definition) is 2. The third kappa shape index (κ3) is 4.18. The van der Waals surface area contributed by atoms with Gasteiger partial charge in [-0.1, -0.05) is 48.0 Å². The van der Waals surface area contributed by atoms with E-state index in [-0.39, 0.29) is 11.8 Å². The molecule has 0 saturated carbocycles. The summed E-state index contributed by atoms with van der Waals surface area (Å²) in [6.07, 6.45) is 0. The molecule has 4 heteroatoms. The SMILES string of the molecule is Cc1ccc(C)c([C@@H](C)NS(=O)(=O)Cc2ccccc2C)c1. The quantitative estimate of drug-likeness (QED) is 0.912. The lowest BCUT2D eigenvalue weighted by Gasteiger charge is -2.18. The minimum absolute atomic E-state index is 0.00881. The Morgan fingerprint density at radius 2 is 1.68 bits per heavy atom. The summed E-state index contributed by atoms with van der Waals surface area (Å²) in [7, 11) is -3.38. The Labute approximate surface area is 133 Å². The predicted molar refractivity (Wildman–Crippen MR) is 91.3 cm³/mol. The molecule has 3 nitrogen and oxygen atoms in total. The lowest BCUT2D eigenvalue weighted by atomic mass is 10.0. The Morgan fingerprint density at radius 3 is 2.36 bits per heavy atom. The van der Waals surface area contributed by atoms with Crippen LogP contribution in [0.3, 0.4) is 0 Å². The summed E-state index contributed by atoms with van der Waals surface area (Å²) >= 11 is 0. The van der Waals surface area contributed by atoms with E-state index in [0.29, 0.717) is 0 Å².